The summed E-state index contributed by atoms with van der Waals surface area (Å²) in [6, 6.07) is 12.1. The molecule has 130 valence electrons. The molecule has 1 aliphatic heterocycles. The topological polar surface area (TPSA) is 58.6 Å². The van der Waals surface area contributed by atoms with Crippen molar-refractivity contribution >= 4 is 11.9 Å². The first-order valence-electron chi connectivity index (χ1n) is 8.72. The maximum atomic E-state index is 12.7. The molecular weight excluding hydrogens is 316 g/mol. The van der Waals surface area contributed by atoms with Crippen LogP contribution in [-0.4, -0.2) is 54.1 Å². The minimum atomic E-state index is 0.155. The molecule has 0 unspecified atom stereocenters. The Hall–Kier alpha value is -2.63. The number of anilines is 1. The molecule has 1 aromatic heterocycles. The van der Waals surface area contributed by atoms with Gasteiger partial charge in [0, 0.05) is 44.4 Å². The number of methoxy groups -OCH3 is 1. The smallest absolute Gasteiger partial charge is 0.228 e. The maximum Gasteiger partial charge on any atom is 0.228 e. The Morgan fingerprint density at radius 1 is 1.12 bits per heavy atom. The zero-order valence-corrected chi connectivity index (χ0v) is 14.3. The molecule has 2 fully saturated rings. The number of piperazine rings is 1. The van der Waals surface area contributed by atoms with Gasteiger partial charge in [-0.15, -0.1) is 0 Å². The van der Waals surface area contributed by atoms with Crippen molar-refractivity contribution in [1.82, 2.24) is 14.9 Å². The number of hydrogen-bond donors (Lipinski definition) is 0. The van der Waals surface area contributed by atoms with Crippen LogP contribution in [0.25, 0.3) is 0 Å². The summed E-state index contributed by atoms with van der Waals surface area (Å²) in [5, 5.41) is 0. The average molecular weight is 338 g/mol. The van der Waals surface area contributed by atoms with Crippen LogP contribution in [-0.2, 0) is 4.79 Å². The van der Waals surface area contributed by atoms with E-state index in [1.165, 1.54) is 5.56 Å². The molecule has 1 saturated carbocycles. The molecule has 0 N–H and O–H groups in total. The third kappa shape index (κ3) is 3.29. The van der Waals surface area contributed by atoms with Gasteiger partial charge in [-0.05, 0) is 17.9 Å². The Bertz CT molecular complexity index is 744. The Kier molecular flexibility index (Phi) is 4.26. The van der Waals surface area contributed by atoms with Crippen molar-refractivity contribution in [3.63, 3.8) is 0 Å². The molecule has 0 bridgehead atoms. The molecule has 2 heterocycles. The summed E-state index contributed by atoms with van der Waals surface area (Å²) in [5.41, 5.74) is 1.28. The number of benzene rings is 1. The fourth-order valence-corrected chi connectivity index (χ4v) is 3.50. The molecule has 6 heteroatoms. The lowest BCUT2D eigenvalue weighted by atomic mass is 10.1. The summed E-state index contributed by atoms with van der Waals surface area (Å²) in [6.45, 7) is 2.94. The second kappa shape index (κ2) is 6.70. The normalized spacial score (nSPS) is 22.6. The van der Waals surface area contributed by atoms with Gasteiger partial charge in [-0.25, -0.2) is 4.98 Å². The number of amides is 1. The second-order valence-electron chi connectivity index (χ2n) is 6.57. The highest BCUT2D eigenvalue weighted by Gasteiger charge is 2.46. The van der Waals surface area contributed by atoms with Crippen molar-refractivity contribution in [3.05, 3.63) is 48.2 Å². The van der Waals surface area contributed by atoms with Gasteiger partial charge in [-0.2, -0.15) is 4.98 Å². The first-order chi connectivity index (χ1) is 12.3. The van der Waals surface area contributed by atoms with Crippen molar-refractivity contribution in [2.24, 2.45) is 5.92 Å². The van der Waals surface area contributed by atoms with E-state index in [-0.39, 0.29) is 5.92 Å². The van der Waals surface area contributed by atoms with Crippen LogP contribution >= 0.6 is 0 Å². The summed E-state index contributed by atoms with van der Waals surface area (Å²) in [6.07, 6.45) is 2.68. The maximum absolute atomic E-state index is 12.7. The molecule has 25 heavy (non-hydrogen) atoms. The first kappa shape index (κ1) is 15.9. The van der Waals surface area contributed by atoms with Crippen LogP contribution in [0.1, 0.15) is 17.9 Å². The lowest BCUT2D eigenvalue weighted by Crippen LogP contribution is -2.49. The Labute approximate surface area is 147 Å². The van der Waals surface area contributed by atoms with Crippen LogP contribution in [0.15, 0.2) is 42.6 Å². The second-order valence-corrected chi connectivity index (χ2v) is 6.57. The quantitative estimate of drug-likeness (QED) is 0.853. The minimum absolute atomic E-state index is 0.155. The molecule has 2 aliphatic rings. The van der Waals surface area contributed by atoms with Gasteiger partial charge in [0.2, 0.25) is 17.7 Å². The predicted molar refractivity (Wildman–Crippen MR) is 94.7 cm³/mol. The van der Waals surface area contributed by atoms with E-state index in [2.05, 4.69) is 27.0 Å². The van der Waals surface area contributed by atoms with Gasteiger partial charge in [-0.1, -0.05) is 30.3 Å². The summed E-state index contributed by atoms with van der Waals surface area (Å²) >= 11 is 0. The molecule has 2 aromatic rings. The largest absolute Gasteiger partial charge is 0.481 e. The monoisotopic (exact) mass is 338 g/mol. The van der Waals surface area contributed by atoms with Gasteiger partial charge in [0.25, 0.3) is 0 Å². The number of rotatable bonds is 4. The Morgan fingerprint density at radius 2 is 1.88 bits per heavy atom. The molecule has 1 saturated heterocycles. The van der Waals surface area contributed by atoms with Gasteiger partial charge in [-0.3, -0.25) is 4.79 Å². The van der Waals surface area contributed by atoms with E-state index in [0.717, 1.165) is 32.6 Å². The third-order valence-electron chi connectivity index (χ3n) is 5.04. The van der Waals surface area contributed by atoms with Crippen molar-refractivity contribution in [3.8, 4) is 5.88 Å². The fraction of sp³-hybridized carbons (Fsp3) is 0.421. The van der Waals surface area contributed by atoms with E-state index in [1.807, 2.05) is 23.1 Å². The molecule has 1 aliphatic carbocycles. The molecular formula is C19H22N4O2. The summed E-state index contributed by atoms with van der Waals surface area (Å²) in [5.74, 6) is 2.07. The predicted octanol–water partition coefficient (Wildman–Crippen LogP) is 1.94. The number of ether oxygens (including phenoxy) is 1. The van der Waals surface area contributed by atoms with Gasteiger partial charge >= 0.3 is 0 Å². The van der Waals surface area contributed by atoms with Crippen molar-refractivity contribution in [2.75, 3.05) is 38.2 Å². The number of carbonyl (C=O) groups is 1. The van der Waals surface area contributed by atoms with Gasteiger partial charge in [0.1, 0.15) is 0 Å². The van der Waals surface area contributed by atoms with Crippen LogP contribution in [0.5, 0.6) is 5.88 Å². The van der Waals surface area contributed by atoms with Crippen LogP contribution in [0.2, 0.25) is 0 Å². The first-order valence-corrected chi connectivity index (χ1v) is 8.72. The number of nitrogens with zero attached hydrogens (tertiary/aromatic N) is 4. The van der Waals surface area contributed by atoms with Crippen molar-refractivity contribution < 1.29 is 9.53 Å². The molecule has 0 spiro atoms. The Morgan fingerprint density at radius 3 is 2.60 bits per heavy atom. The highest BCUT2D eigenvalue weighted by Crippen LogP contribution is 2.48. The lowest BCUT2D eigenvalue weighted by molar-refractivity contribution is -0.133. The summed E-state index contributed by atoms with van der Waals surface area (Å²) in [4.78, 5) is 25.5. The number of hydrogen-bond acceptors (Lipinski definition) is 5. The van der Waals surface area contributed by atoms with E-state index >= 15 is 0 Å². The molecule has 4 rings (SSSR count). The number of carbonyl (C=O) groups excluding carboxylic acids is 1. The highest BCUT2D eigenvalue weighted by atomic mass is 16.5. The lowest BCUT2D eigenvalue weighted by Gasteiger charge is -2.35. The molecule has 2 atom stereocenters. The number of aromatic nitrogens is 2. The summed E-state index contributed by atoms with van der Waals surface area (Å²) in [7, 11) is 1.60. The highest BCUT2D eigenvalue weighted by molar-refractivity contribution is 5.83. The van der Waals surface area contributed by atoms with Crippen LogP contribution in [0.3, 0.4) is 0 Å². The molecule has 1 aromatic carbocycles. The third-order valence-corrected chi connectivity index (χ3v) is 5.04. The van der Waals surface area contributed by atoms with Crippen molar-refractivity contribution in [2.45, 2.75) is 12.3 Å². The van der Waals surface area contributed by atoms with Gasteiger partial charge in [0.05, 0.1) is 7.11 Å². The Balaban J connectivity index is 1.34. The standard InChI is InChI=1S/C19H22N4O2/c1-25-17-7-8-20-19(21-17)23-11-9-22(10-12-23)18(24)16-13-15(16)14-5-3-2-4-6-14/h2-8,15-16H,9-13H2,1H3/t15-,16-/m1/s1. The van der Waals surface area contributed by atoms with E-state index < -0.39 is 0 Å². The average Bonchev–Trinajstić information content (AvgIpc) is 3.49. The molecule has 6 nitrogen and oxygen atoms in total. The van der Waals surface area contributed by atoms with E-state index in [9.17, 15) is 4.79 Å². The van der Waals surface area contributed by atoms with Gasteiger partial charge < -0.3 is 14.5 Å². The van der Waals surface area contributed by atoms with Crippen LogP contribution < -0.4 is 9.64 Å². The minimum Gasteiger partial charge on any atom is -0.481 e. The zero-order chi connectivity index (χ0) is 17.2. The molecule has 1 amide bonds. The van der Waals surface area contributed by atoms with Crippen LogP contribution in [0, 0.1) is 5.92 Å². The fourth-order valence-electron chi connectivity index (χ4n) is 3.50. The van der Waals surface area contributed by atoms with E-state index in [1.54, 1.807) is 19.4 Å². The van der Waals surface area contributed by atoms with E-state index in [4.69, 9.17) is 4.74 Å². The summed E-state index contributed by atoms with van der Waals surface area (Å²) < 4.78 is 5.16. The van der Waals surface area contributed by atoms with Crippen LogP contribution in [0.4, 0.5) is 5.95 Å². The SMILES string of the molecule is COc1ccnc(N2CCN(C(=O)[C@@H]3C[C@@H]3c3ccccc3)CC2)n1. The van der Waals surface area contributed by atoms with Crippen molar-refractivity contribution in [1.29, 1.82) is 0 Å². The van der Waals surface area contributed by atoms with E-state index in [0.29, 0.717) is 23.7 Å². The van der Waals surface area contributed by atoms with Gasteiger partial charge in [0.15, 0.2) is 0 Å². The zero-order valence-electron chi connectivity index (χ0n) is 14.3. The molecule has 0 radical (unpaired) electrons.